The van der Waals surface area contributed by atoms with E-state index in [1.54, 1.807) is 14.1 Å². The Kier molecular flexibility index (Phi) is 44.5. The highest BCUT2D eigenvalue weighted by molar-refractivity contribution is 5.78. The predicted octanol–water partition coefficient (Wildman–Crippen LogP) is 13.4. The van der Waals surface area contributed by atoms with Gasteiger partial charge in [0.1, 0.15) is 5.78 Å². The molecule has 480 valence electrons. The number of ketones is 1. The molecule has 6 atom stereocenters. The van der Waals surface area contributed by atoms with Crippen LogP contribution >= 0.6 is 0 Å². The first-order valence-corrected chi connectivity index (χ1v) is 33.4. The summed E-state index contributed by atoms with van der Waals surface area (Å²) in [5.74, 6) is 10.6. The average molecular weight is 1180 g/mol. The van der Waals surface area contributed by atoms with Crippen molar-refractivity contribution in [3.05, 3.63) is 21.8 Å². The molecule has 3 N–H and O–H groups in total. The van der Waals surface area contributed by atoms with Gasteiger partial charge in [0.25, 0.3) is 0 Å². The maximum absolute atomic E-state index is 12.1. The number of carbonyl (C=O) groups is 4. The van der Waals surface area contributed by atoms with Crippen LogP contribution in [-0.2, 0) is 57.4 Å². The quantitative estimate of drug-likeness (QED) is 0.0182. The summed E-state index contributed by atoms with van der Waals surface area (Å²) in [6.07, 6.45) is 39.2. The fourth-order valence-electron chi connectivity index (χ4n) is 11.7. The average Bonchev–Trinajstić information content (AvgIpc) is 2.21. The van der Waals surface area contributed by atoms with E-state index in [2.05, 4.69) is 62.0 Å². The second-order valence-corrected chi connectivity index (χ2v) is 23.4. The molecule has 0 spiro atoms. The first kappa shape index (κ1) is 73.8. The number of fused-ring (bicyclic) bond motifs is 3. The number of rotatable bonds is 47. The third-order valence-electron chi connectivity index (χ3n) is 16.9. The number of nitrogens with zero attached hydrogens (tertiary/aromatic N) is 6. The lowest BCUT2D eigenvalue weighted by atomic mass is 10.0. The lowest BCUT2D eigenvalue weighted by Gasteiger charge is -2.11. The number of carbonyl (C=O) groups excluding carboxylic acids is 4. The van der Waals surface area contributed by atoms with E-state index < -0.39 is 0 Å². The standard InChI is InChI=1S/C33H58N4O5.C20H40N4O3.C12H17NO2/c1-3-4-5-6-7-8-9-10-11-12-13-15-27(38)16-14-22-40-24-25-41-23-21-37-32-20-18-29-28(17-19-31(32)35-36-37)30(29)26-42-33(39)34-2;1-2-3-4-5-6-7-8-9-10-11-12-13-20(25)22-14-16-26-18-19-27-17-15-23-24-21;1-13-12(14)15-8-11-9-6-4-2-3-5-7-10(9)11/h28-30H,3-26H2,1-2H3,(H,34,39);2-19H2,1H3,(H,22,25);9-11H,4-8H2,1H3,(H,13,14)/t28-,29+,30-;;9-,10+,11?/m1../s1. The molecule has 1 aromatic heterocycles. The predicted molar refractivity (Wildman–Crippen MR) is 331 cm³/mol. The van der Waals surface area contributed by atoms with E-state index in [0.29, 0.717) is 128 Å². The summed E-state index contributed by atoms with van der Waals surface area (Å²) < 4.78 is 34.4. The Morgan fingerprint density at radius 2 is 1.01 bits per heavy atom. The topological polar surface area (TPSA) is 239 Å². The molecule has 0 radical (unpaired) electrons. The minimum absolute atomic E-state index is 0.111. The second-order valence-electron chi connectivity index (χ2n) is 23.4. The van der Waals surface area contributed by atoms with Crippen molar-refractivity contribution in [3.8, 4) is 11.8 Å². The van der Waals surface area contributed by atoms with E-state index in [-0.39, 0.29) is 18.1 Å². The summed E-state index contributed by atoms with van der Waals surface area (Å²) in [4.78, 5) is 48.8. The molecule has 0 aliphatic heterocycles. The smallest absolute Gasteiger partial charge is 0.406 e. The van der Waals surface area contributed by atoms with Crippen molar-refractivity contribution in [3.63, 3.8) is 0 Å². The Labute approximate surface area is 506 Å². The molecule has 4 aliphatic carbocycles. The first-order chi connectivity index (χ1) is 41.3. The van der Waals surface area contributed by atoms with Crippen molar-refractivity contribution in [2.24, 2.45) is 40.6 Å². The monoisotopic (exact) mass is 1180 g/mol. The molecule has 4 aliphatic rings. The maximum Gasteiger partial charge on any atom is 0.406 e. The molecule has 2 saturated carbocycles. The van der Waals surface area contributed by atoms with Gasteiger partial charge in [-0.05, 0) is 98.8 Å². The number of aromatic nitrogens is 3. The number of hydrogen-bond acceptors (Lipinski definition) is 13. The van der Waals surface area contributed by atoms with Crippen molar-refractivity contribution in [2.75, 3.05) is 93.3 Å². The van der Waals surface area contributed by atoms with Gasteiger partial charge in [-0.1, -0.05) is 153 Å². The Morgan fingerprint density at radius 1 is 0.560 bits per heavy atom. The number of ether oxygens (including phenoxy) is 6. The molecule has 1 aromatic rings. The summed E-state index contributed by atoms with van der Waals surface area (Å²) in [7, 11) is 3.18. The normalized spacial score (nSPS) is 18.9. The zero-order valence-corrected chi connectivity index (χ0v) is 53.0. The molecule has 19 nitrogen and oxygen atoms in total. The van der Waals surface area contributed by atoms with Crippen molar-refractivity contribution in [1.29, 1.82) is 0 Å². The SMILES string of the molecule is CCCCCCCCCCCCCC(=O)CCCOCCOCCn1nnc2c1CC[C@H]1[C@@H](CC2)[C@H]1COC(=O)NC.CCCCCCCCCCCCCC(=O)NCCOCCOCCN=[N+]=[N-].CNC(=O)OCC1[C@H]2CCC#CCC[C@@H]12. The third kappa shape index (κ3) is 36.5. The molecule has 2 fully saturated rings. The molecule has 0 bridgehead atoms. The van der Waals surface area contributed by atoms with Crippen molar-refractivity contribution in [2.45, 2.75) is 239 Å². The molecule has 5 rings (SSSR count). The van der Waals surface area contributed by atoms with Crippen LogP contribution in [0, 0.1) is 47.3 Å². The van der Waals surface area contributed by atoms with Crippen molar-refractivity contribution >= 4 is 23.9 Å². The molecular weight excluding hydrogens is 1070 g/mol. The molecule has 1 heterocycles. The molecule has 19 heteroatoms. The molecule has 84 heavy (non-hydrogen) atoms. The number of alkyl carbamates (subject to hydrolysis) is 2. The molecule has 3 amide bonds. The maximum atomic E-state index is 12.1. The van der Waals surface area contributed by atoms with Gasteiger partial charge in [0.2, 0.25) is 5.91 Å². The van der Waals surface area contributed by atoms with Gasteiger partial charge in [-0.2, -0.15) is 0 Å². The van der Waals surface area contributed by atoms with Crippen LogP contribution in [0.15, 0.2) is 5.11 Å². The van der Waals surface area contributed by atoms with Crippen LogP contribution in [0.2, 0.25) is 0 Å². The minimum atomic E-state index is -0.347. The highest BCUT2D eigenvalue weighted by Gasteiger charge is 2.51. The number of nitrogens with one attached hydrogen (secondary N) is 3. The summed E-state index contributed by atoms with van der Waals surface area (Å²) in [6, 6.07) is 0. The summed E-state index contributed by atoms with van der Waals surface area (Å²) in [5.41, 5.74) is 10.4. The van der Waals surface area contributed by atoms with Crippen LogP contribution in [0.1, 0.15) is 231 Å². The van der Waals surface area contributed by atoms with Gasteiger partial charge < -0.3 is 44.4 Å². The van der Waals surface area contributed by atoms with E-state index in [9.17, 15) is 19.2 Å². The highest BCUT2D eigenvalue weighted by atomic mass is 16.6. The van der Waals surface area contributed by atoms with Gasteiger partial charge in [0.05, 0.1) is 77.4 Å². The summed E-state index contributed by atoms with van der Waals surface area (Å²) >= 11 is 0. The van der Waals surface area contributed by atoms with Gasteiger partial charge >= 0.3 is 12.2 Å². The van der Waals surface area contributed by atoms with Crippen LogP contribution < -0.4 is 16.0 Å². The van der Waals surface area contributed by atoms with Crippen LogP contribution in [-0.4, -0.2) is 132 Å². The van der Waals surface area contributed by atoms with E-state index in [4.69, 9.17) is 34.0 Å². The number of azide groups is 1. The molecular formula is C65H115N9O10. The Hall–Kier alpha value is -4.47. The van der Waals surface area contributed by atoms with Gasteiger partial charge in [-0.15, -0.1) is 16.9 Å². The molecule has 0 aromatic carbocycles. The lowest BCUT2D eigenvalue weighted by molar-refractivity contribution is -0.121. The van der Waals surface area contributed by atoms with Crippen LogP contribution in [0.25, 0.3) is 10.4 Å². The van der Waals surface area contributed by atoms with Gasteiger partial charge in [0.15, 0.2) is 0 Å². The zero-order valence-electron chi connectivity index (χ0n) is 53.0. The van der Waals surface area contributed by atoms with Gasteiger partial charge in [-0.25, -0.2) is 14.3 Å². The van der Waals surface area contributed by atoms with Crippen LogP contribution in [0.4, 0.5) is 9.59 Å². The van der Waals surface area contributed by atoms with Crippen LogP contribution in [0.3, 0.4) is 0 Å². The fraction of sp³-hybridized carbons (Fsp3) is 0.877. The van der Waals surface area contributed by atoms with Crippen molar-refractivity contribution in [1.82, 2.24) is 30.9 Å². The number of unbranched alkanes of at least 4 members (excludes halogenated alkanes) is 20. The van der Waals surface area contributed by atoms with Gasteiger partial charge in [-0.3, -0.25) is 9.59 Å². The van der Waals surface area contributed by atoms with Crippen LogP contribution in [0.5, 0.6) is 0 Å². The Bertz CT molecular complexity index is 1960. The number of amides is 3. The highest BCUT2D eigenvalue weighted by Crippen LogP contribution is 2.53. The number of aryl methyl sites for hydroxylation is 1. The first-order valence-electron chi connectivity index (χ1n) is 33.4. The summed E-state index contributed by atoms with van der Waals surface area (Å²) in [6.45, 7) is 11.3. The minimum Gasteiger partial charge on any atom is -0.449 e. The zero-order chi connectivity index (χ0) is 60.3. The summed E-state index contributed by atoms with van der Waals surface area (Å²) in [5, 5.41) is 20.1. The molecule has 1 unspecified atom stereocenters. The van der Waals surface area contributed by atoms with Crippen molar-refractivity contribution < 1.29 is 47.6 Å². The van der Waals surface area contributed by atoms with E-state index in [1.807, 2.05) is 4.68 Å². The Balaban J connectivity index is 0.000000373. The third-order valence-corrected chi connectivity index (χ3v) is 16.9. The molecule has 0 saturated heterocycles. The lowest BCUT2D eigenvalue weighted by Crippen LogP contribution is -2.27. The fourth-order valence-corrected chi connectivity index (χ4v) is 11.7. The van der Waals surface area contributed by atoms with Gasteiger partial charge in [0, 0.05) is 70.8 Å². The van der Waals surface area contributed by atoms with E-state index >= 15 is 0 Å². The van der Waals surface area contributed by atoms with E-state index in [0.717, 1.165) is 88.2 Å². The second kappa shape index (κ2) is 50.7. The Morgan fingerprint density at radius 3 is 1.54 bits per heavy atom. The largest absolute Gasteiger partial charge is 0.449 e. The number of Topliss-reactive ketones (excluding diaryl/α,β-unsaturated/α-hetero) is 1. The number of hydrogen-bond donors (Lipinski definition) is 3. The van der Waals surface area contributed by atoms with E-state index in [1.165, 1.54) is 141 Å².